The zero-order valence-corrected chi connectivity index (χ0v) is 22.0. The number of amides is 2. The summed E-state index contributed by atoms with van der Waals surface area (Å²) in [6, 6.07) is 24.9. The van der Waals surface area contributed by atoms with Gasteiger partial charge in [0.1, 0.15) is 0 Å². The van der Waals surface area contributed by atoms with Gasteiger partial charge in [-0.2, -0.15) is 0 Å². The third-order valence-corrected chi connectivity index (χ3v) is 6.77. The molecule has 0 saturated carbocycles. The fraction of sp³-hybridized carbons (Fsp3) is 0.323. The Morgan fingerprint density at radius 2 is 1.76 bits per heavy atom. The van der Waals surface area contributed by atoms with Gasteiger partial charge >= 0.3 is 6.03 Å². The van der Waals surface area contributed by atoms with Crippen molar-refractivity contribution in [3.05, 3.63) is 114 Å². The predicted molar refractivity (Wildman–Crippen MR) is 149 cm³/mol. The van der Waals surface area contributed by atoms with E-state index in [9.17, 15) is 9.90 Å². The molecule has 0 spiro atoms. The maximum absolute atomic E-state index is 12.5. The van der Waals surface area contributed by atoms with Crippen LogP contribution in [0.5, 0.6) is 0 Å². The summed E-state index contributed by atoms with van der Waals surface area (Å²) in [5.41, 5.74) is 4.40. The number of nitrogens with one attached hydrogen (secondary N) is 2. The van der Waals surface area contributed by atoms with Gasteiger partial charge < -0.3 is 30.1 Å². The third kappa shape index (κ3) is 7.30. The van der Waals surface area contributed by atoms with Crippen LogP contribution < -0.4 is 10.6 Å². The molecule has 1 saturated heterocycles. The van der Waals surface area contributed by atoms with Crippen LogP contribution in [0.1, 0.15) is 41.6 Å². The topological polar surface area (TPSA) is 83.1 Å². The Hall–Kier alpha value is -3.49. The molecule has 0 aromatic heterocycles. The first-order valence-electron chi connectivity index (χ1n) is 13.0. The lowest BCUT2D eigenvalue weighted by molar-refractivity contribution is -0.275. The number of likely N-dealkylation sites (N-methyl/N-ethyl adjacent to an activating group) is 1. The molecule has 2 amide bonds. The number of hydrogen-bond acceptors (Lipinski definition) is 5. The van der Waals surface area contributed by atoms with E-state index in [2.05, 4.69) is 29.0 Å². The van der Waals surface area contributed by atoms with Gasteiger partial charge in [-0.3, -0.25) is 0 Å². The van der Waals surface area contributed by atoms with Crippen LogP contribution in [0, 0.1) is 5.92 Å². The van der Waals surface area contributed by atoms with E-state index in [4.69, 9.17) is 9.47 Å². The molecule has 1 heterocycles. The van der Waals surface area contributed by atoms with Crippen molar-refractivity contribution in [1.82, 2.24) is 10.2 Å². The number of hydrogen-bond donors (Lipinski definition) is 3. The maximum Gasteiger partial charge on any atom is 0.319 e. The molecule has 7 heteroatoms. The zero-order chi connectivity index (χ0) is 26.9. The minimum Gasteiger partial charge on any atom is -0.392 e. The SMILES string of the molecule is C=CCN(C)C[C@H]1O[C@@H](c2cccc(NC(=O)NCc3ccccc3)c2)O[C@@H](c2ccc(CO)cc2)[C@H]1C. The van der Waals surface area contributed by atoms with Crippen LogP contribution in [0.3, 0.4) is 0 Å². The average molecular weight is 516 g/mol. The molecule has 3 aromatic rings. The first kappa shape index (κ1) is 27.5. The van der Waals surface area contributed by atoms with Crippen molar-refractivity contribution < 1.29 is 19.4 Å². The number of nitrogens with zero attached hydrogens (tertiary/aromatic N) is 1. The second-order valence-electron chi connectivity index (χ2n) is 9.75. The van der Waals surface area contributed by atoms with Crippen LogP contribution in [0.2, 0.25) is 0 Å². The van der Waals surface area contributed by atoms with Gasteiger partial charge in [0.05, 0.1) is 18.8 Å². The largest absolute Gasteiger partial charge is 0.392 e. The Labute approximate surface area is 225 Å². The summed E-state index contributed by atoms with van der Waals surface area (Å²) in [6.45, 7) is 7.91. The molecule has 3 aromatic carbocycles. The highest BCUT2D eigenvalue weighted by Crippen LogP contribution is 2.42. The van der Waals surface area contributed by atoms with Crippen LogP contribution in [-0.2, 0) is 22.6 Å². The number of aliphatic hydroxyl groups excluding tert-OH is 1. The normalized spacial score (nSPS) is 21.2. The van der Waals surface area contributed by atoms with Gasteiger partial charge in [-0.25, -0.2) is 4.79 Å². The molecule has 0 radical (unpaired) electrons. The number of urea groups is 1. The molecule has 0 bridgehead atoms. The van der Waals surface area contributed by atoms with Gasteiger partial charge in [-0.05, 0) is 35.9 Å². The summed E-state index contributed by atoms with van der Waals surface area (Å²) in [6.07, 6.45) is 0.983. The molecule has 200 valence electrons. The monoisotopic (exact) mass is 515 g/mol. The summed E-state index contributed by atoms with van der Waals surface area (Å²) in [7, 11) is 2.05. The molecular formula is C31H37N3O4. The second-order valence-corrected chi connectivity index (χ2v) is 9.75. The van der Waals surface area contributed by atoms with Crippen molar-refractivity contribution in [2.45, 2.75) is 38.6 Å². The fourth-order valence-electron chi connectivity index (χ4n) is 4.65. The van der Waals surface area contributed by atoms with E-state index in [1.165, 1.54) is 0 Å². The molecule has 4 rings (SSSR count). The quantitative estimate of drug-likeness (QED) is 0.315. The molecule has 1 aliphatic heterocycles. The van der Waals surface area contributed by atoms with Crippen LogP contribution in [0.4, 0.5) is 10.5 Å². The van der Waals surface area contributed by atoms with Crippen LogP contribution in [-0.4, -0.2) is 42.3 Å². The minimum atomic E-state index is -0.607. The number of rotatable bonds is 10. The number of carbonyl (C=O) groups excluding carboxylic acids is 1. The Kier molecular flexibility index (Phi) is 9.67. The summed E-state index contributed by atoms with van der Waals surface area (Å²) in [5, 5.41) is 15.3. The van der Waals surface area contributed by atoms with Crippen LogP contribution >= 0.6 is 0 Å². The van der Waals surface area contributed by atoms with E-state index < -0.39 is 6.29 Å². The van der Waals surface area contributed by atoms with Crippen LogP contribution in [0.25, 0.3) is 0 Å². The molecule has 7 nitrogen and oxygen atoms in total. The van der Waals surface area contributed by atoms with E-state index in [0.29, 0.717) is 12.2 Å². The predicted octanol–water partition coefficient (Wildman–Crippen LogP) is 5.41. The fourth-order valence-corrected chi connectivity index (χ4v) is 4.65. The van der Waals surface area contributed by atoms with Gasteiger partial charge in [0.25, 0.3) is 0 Å². The smallest absolute Gasteiger partial charge is 0.319 e. The first-order valence-corrected chi connectivity index (χ1v) is 13.0. The average Bonchev–Trinajstić information content (AvgIpc) is 2.94. The van der Waals surface area contributed by atoms with Crippen molar-refractivity contribution >= 4 is 11.7 Å². The lowest BCUT2D eigenvalue weighted by Gasteiger charge is -2.42. The van der Waals surface area contributed by atoms with Crippen LogP contribution in [0.15, 0.2) is 91.5 Å². The van der Waals surface area contributed by atoms with E-state index in [-0.39, 0.29) is 30.8 Å². The second kappa shape index (κ2) is 13.3. The standard InChI is InChI=1S/C31H37N3O4/c1-4-17-34(3)20-28-22(2)29(25-15-13-24(21-35)14-16-25)38-30(37-28)26-11-8-12-27(18-26)33-31(36)32-19-23-9-6-5-7-10-23/h4-16,18,22,28-30,35H,1,17,19-21H2,2-3H3,(H2,32,33,36)/t22-,28+,29+,30+/m0/s1. The Balaban J connectivity index is 1.50. The lowest BCUT2D eigenvalue weighted by atomic mass is 9.90. The molecule has 0 aliphatic carbocycles. The Morgan fingerprint density at radius 3 is 2.47 bits per heavy atom. The molecule has 1 aliphatic rings. The van der Waals surface area contributed by atoms with Gasteiger partial charge in [0, 0.05) is 36.8 Å². The number of anilines is 1. The maximum atomic E-state index is 12.5. The Morgan fingerprint density at radius 1 is 1.00 bits per heavy atom. The van der Waals surface area contributed by atoms with Crippen molar-refractivity contribution in [3.63, 3.8) is 0 Å². The molecule has 38 heavy (non-hydrogen) atoms. The summed E-state index contributed by atoms with van der Waals surface area (Å²) >= 11 is 0. The molecule has 1 fully saturated rings. The number of ether oxygens (including phenoxy) is 2. The van der Waals surface area contributed by atoms with Gasteiger partial charge in [0.2, 0.25) is 0 Å². The summed E-state index contributed by atoms with van der Waals surface area (Å²) in [4.78, 5) is 14.7. The van der Waals surface area contributed by atoms with E-state index in [0.717, 1.165) is 35.3 Å². The first-order chi connectivity index (χ1) is 18.5. The van der Waals surface area contributed by atoms with Crippen molar-refractivity contribution in [1.29, 1.82) is 0 Å². The highest BCUT2D eigenvalue weighted by atomic mass is 16.7. The molecular weight excluding hydrogens is 478 g/mol. The van der Waals surface area contributed by atoms with Gasteiger partial charge in [0.15, 0.2) is 6.29 Å². The molecule has 0 unspecified atom stereocenters. The summed E-state index contributed by atoms with van der Waals surface area (Å²) in [5.74, 6) is 0.0866. The van der Waals surface area contributed by atoms with E-state index in [1.807, 2.05) is 92.0 Å². The van der Waals surface area contributed by atoms with Crippen molar-refractivity contribution in [2.24, 2.45) is 5.92 Å². The van der Waals surface area contributed by atoms with E-state index in [1.54, 1.807) is 0 Å². The van der Waals surface area contributed by atoms with Crippen molar-refractivity contribution in [3.8, 4) is 0 Å². The minimum absolute atomic E-state index is 0.000778. The highest BCUT2D eigenvalue weighted by molar-refractivity contribution is 5.89. The lowest BCUT2D eigenvalue weighted by Crippen LogP contribution is -2.43. The molecule has 3 N–H and O–H groups in total. The Bertz CT molecular complexity index is 1190. The molecule has 4 atom stereocenters. The number of carbonyl (C=O) groups is 1. The summed E-state index contributed by atoms with van der Waals surface area (Å²) < 4.78 is 13.0. The number of aliphatic hydroxyl groups is 1. The van der Waals surface area contributed by atoms with Gasteiger partial charge in [-0.15, -0.1) is 6.58 Å². The van der Waals surface area contributed by atoms with Gasteiger partial charge in [-0.1, -0.05) is 79.7 Å². The highest BCUT2D eigenvalue weighted by Gasteiger charge is 2.38. The van der Waals surface area contributed by atoms with Crippen molar-refractivity contribution in [2.75, 3.05) is 25.5 Å². The zero-order valence-electron chi connectivity index (χ0n) is 22.0. The number of benzene rings is 3. The van der Waals surface area contributed by atoms with E-state index >= 15 is 0 Å². The third-order valence-electron chi connectivity index (χ3n) is 6.77.